The lowest BCUT2D eigenvalue weighted by Gasteiger charge is -2.10. The number of rotatable bonds is 7. The van der Waals surface area contributed by atoms with Crippen LogP contribution in [0.4, 0.5) is 5.69 Å². The molecule has 0 radical (unpaired) electrons. The maximum Gasteiger partial charge on any atom is 0.224 e. The molecule has 122 valence electrons. The normalized spacial score (nSPS) is 10.0. The van der Waals surface area contributed by atoms with Crippen LogP contribution in [0.25, 0.3) is 0 Å². The van der Waals surface area contributed by atoms with E-state index in [9.17, 15) is 4.79 Å². The van der Waals surface area contributed by atoms with E-state index in [-0.39, 0.29) is 5.91 Å². The largest absolute Gasteiger partial charge is 0.497 e. The predicted octanol–water partition coefficient (Wildman–Crippen LogP) is 3.28. The Morgan fingerprint density at radius 2 is 1.74 bits per heavy atom. The first-order chi connectivity index (χ1) is 11.2. The minimum absolute atomic E-state index is 0.0481. The topological polar surface area (TPSA) is 56.8 Å². The quantitative estimate of drug-likeness (QED) is 0.852. The molecule has 0 atom stereocenters. The number of nitrogens with one attached hydrogen (secondary N) is 1. The van der Waals surface area contributed by atoms with Gasteiger partial charge in [0.2, 0.25) is 5.91 Å². The van der Waals surface area contributed by atoms with Gasteiger partial charge < -0.3 is 19.5 Å². The number of carbonyl (C=O) groups is 1. The van der Waals surface area contributed by atoms with Crippen molar-refractivity contribution >= 4 is 11.6 Å². The summed E-state index contributed by atoms with van der Waals surface area (Å²) < 4.78 is 15.6. The maximum atomic E-state index is 12.1. The zero-order valence-corrected chi connectivity index (χ0v) is 13.6. The molecule has 1 N–H and O–H groups in total. The molecule has 2 rings (SSSR count). The summed E-state index contributed by atoms with van der Waals surface area (Å²) in [7, 11) is 4.79. The van der Waals surface area contributed by atoms with Gasteiger partial charge in [0, 0.05) is 18.2 Å². The van der Waals surface area contributed by atoms with Crippen molar-refractivity contribution in [2.75, 3.05) is 26.6 Å². The number of carbonyl (C=O) groups excluding carboxylic acids is 1. The lowest BCUT2D eigenvalue weighted by atomic mass is 10.1. The second-order valence-electron chi connectivity index (χ2n) is 4.97. The van der Waals surface area contributed by atoms with Crippen molar-refractivity contribution in [1.29, 1.82) is 0 Å². The van der Waals surface area contributed by atoms with Crippen LogP contribution in [0.15, 0.2) is 42.5 Å². The van der Waals surface area contributed by atoms with E-state index in [1.165, 1.54) is 0 Å². The van der Waals surface area contributed by atoms with Crippen molar-refractivity contribution in [1.82, 2.24) is 0 Å². The summed E-state index contributed by atoms with van der Waals surface area (Å²) in [5, 5.41) is 2.86. The highest BCUT2D eigenvalue weighted by molar-refractivity contribution is 5.91. The molecule has 0 spiro atoms. The van der Waals surface area contributed by atoms with E-state index in [1.54, 1.807) is 27.4 Å². The number of amides is 1. The van der Waals surface area contributed by atoms with Gasteiger partial charge in [0.15, 0.2) is 11.5 Å². The second kappa shape index (κ2) is 8.08. The summed E-state index contributed by atoms with van der Waals surface area (Å²) in [5.41, 5.74) is 1.74. The van der Waals surface area contributed by atoms with Gasteiger partial charge in [-0.15, -0.1) is 0 Å². The molecule has 23 heavy (non-hydrogen) atoms. The molecular weight excluding hydrogens is 294 g/mol. The Kier molecular flexibility index (Phi) is 5.86. The monoisotopic (exact) mass is 315 g/mol. The van der Waals surface area contributed by atoms with Gasteiger partial charge in [-0.1, -0.05) is 12.1 Å². The first-order valence-corrected chi connectivity index (χ1v) is 7.31. The summed E-state index contributed by atoms with van der Waals surface area (Å²) in [6.45, 7) is 0. The third-order valence-electron chi connectivity index (χ3n) is 3.44. The van der Waals surface area contributed by atoms with Crippen LogP contribution in [0.2, 0.25) is 0 Å². The van der Waals surface area contributed by atoms with Crippen LogP contribution in [0.5, 0.6) is 17.2 Å². The van der Waals surface area contributed by atoms with Crippen molar-refractivity contribution in [3.8, 4) is 17.2 Å². The first kappa shape index (κ1) is 16.7. The molecular formula is C18H21NO4. The molecule has 0 saturated carbocycles. The smallest absolute Gasteiger partial charge is 0.224 e. The third-order valence-corrected chi connectivity index (χ3v) is 3.44. The molecule has 0 unspecified atom stereocenters. The summed E-state index contributed by atoms with van der Waals surface area (Å²) in [6, 6.07) is 12.9. The summed E-state index contributed by atoms with van der Waals surface area (Å²) in [5.74, 6) is 2.01. The fraction of sp³-hybridized carbons (Fsp3) is 0.278. The van der Waals surface area contributed by atoms with Crippen molar-refractivity contribution in [2.24, 2.45) is 0 Å². The second-order valence-corrected chi connectivity index (χ2v) is 4.97. The average Bonchev–Trinajstić information content (AvgIpc) is 2.59. The number of hydrogen-bond acceptors (Lipinski definition) is 4. The van der Waals surface area contributed by atoms with E-state index < -0.39 is 0 Å². The number of aryl methyl sites for hydroxylation is 1. The molecule has 5 heteroatoms. The van der Waals surface area contributed by atoms with Gasteiger partial charge in [0.25, 0.3) is 0 Å². The molecule has 0 aliphatic heterocycles. The zero-order chi connectivity index (χ0) is 16.7. The Labute approximate surface area is 136 Å². The number of anilines is 1. The molecule has 0 bridgehead atoms. The lowest BCUT2D eigenvalue weighted by Crippen LogP contribution is -2.12. The van der Waals surface area contributed by atoms with Crippen molar-refractivity contribution in [3.63, 3.8) is 0 Å². The first-order valence-electron chi connectivity index (χ1n) is 7.31. The Bertz CT molecular complexity index is 670. The van der Waals surface area contributed by atoms with Crippen LogP contribution in [0.1, 0.15) is 12.0 Å². The van der Waals surface area contributed by atoms with Gasteiger partial charge >= 0.3 is 0 Å². The van der Waals surface area contributed by atoms with E-state index in [0.29, 0.717) is 30.1 Å². The van der Waals surface area contributed by atoms with Gasteiger partial charge in [0.05, 0.1) is 21.3 Å². The molecule has 0 saturated heterocycles. The highest BCUT2D eigenvalue weighted by Gasteiger charge is 2.07. The predicted molar refractivity (Wildman–Crippen MR) is 89.5 cm³/mol. The van der Waals surface area contributed by atoms with E-state index in [0.717, 1.165) is 11.3 Å². The third kappa shape index (κ3) is 4.64. The molecule has 0 aliphatic carbocycles. The zero-order valence-electron chi connectivity index (χ0n) is 13.6. The van der Waals surface area contributed by atoms with Crippen molar-refractivity contribution in [3.05, 3.63) is 48.0 Å². The van der Waals surface area contributed by atoms with Gasteiger partial charge in [-0.25, -0.2) is 0 Å². The van der Waals surface area contributed by atoms with E-state index in [2.05, 4.69) is 5.32 Å². The van der Waals surface area contributed by atoms with Crippen LogP contribution in [0, 0.1) is 0 Å². The minimum atomic E-state index is -0.0481. The number of hydrogen-bond donors (Lipinski definition) is 1. The van der Waals surface area contributed by atoms with Gasteiger partial charge in [-0.3, -0.25) is 4.79 Å². The number of ether oxygens (including phenoxy) is 3. The summed E-state index contributed by atoms with van der Waals surface area (Å²) in [4.78, 5) is 12.1. The van der Waals surface area contributed by atoms with E-state index >= 15 is 0 Å². The average molecular weight is 315 g/mol. The lowest BCUT2D eigenvalue weighted by molar-refractivity contribution is -0.116. The van der Waals surface area contributed by atoms with Crippen LogP contribution >= 0.6 is 0 Å². The molecule has 0 aromatic heterocycles. The van der Waals surface area contributed by atoms with Gasteiger partial charge in [-0.05, 0) is 36.2 Å². The Morgan fingerprint density at radius 1 is 0.957 bits per heavy atom. The SMILES string of the molecule is COc1cccc(NC(=O)CCc2ccc(OC)c(OC)c2)c1. The van der Waals surface area contributed by atoms with Crippen LogP contribution < -0.4 is 19.5 Å². The maximum absolute atomic E-state index is 12.1. The number of methoxy groups -OCH3 is 3. The fourth-order valence-corrected chi connectivity index (χ4v) is 2.22. The van der Waals surface area contributed by atoms with Crippen LogP contribution in [-0.4, -0.2) is 27.2 Å². The molecule has 2 aromatic carbocycles. The van der Waals surface area contributed by atoms with Crippen LogP contribution in [-0.2, 0) is 11.2 Å². The fourth-order valence-electron chi connectivity index (χ4n) is 2.22. The molecule has 2 aromatic rings. The molecule has 0 fully saturated rings. The van der Waals surface area contributed by atoms with E-state index in [1.807, 2.05) is 36.4 Å². The van der Waals surface area contributed by atoms with Gasteiger partial charge in [-0.2, -0.15) is 0 Å². The highest BCUT2D eigenvalue weighted by atomic mass is 16.5. The molecule has 1 amide bonds. The number of benzene rings is 2. The van der Waals surface area contributed by atoms with Gasteiger partial charge in [0.1, 0.15) is 5.75 Å². The molecule has 5 nitrogen and oxygen atoms in total. The Morgan fingerprint density at radius 3 is 2.43 bits per heavy atom. The summed E-state index contributed by atoms with van der Waals surface area (Å²) >= 11 is 0. The molecule has 0 heterocycles. The van der Waals surface area contributed by atoms with Crippen LogP contribution in [0.3, 0.4) is 0 Å². The standard InChI is InChI=1S/C18H21NO4/c1-21-15-6-4-5-14(12-15)19-18(20)10-8-13-7-9-16(22-2)17(11-13)23-3/h4-7,9,11-12H,8,10H2,1-3H3,(H,19,20). The minimum Gasteiger partial charge on any atom is -0.497 e. The van der Waals surface area contributed by atoms with Crippen molar-refractivity contribution in [2.45, 2.75) is 12.8 Å². The summed E-state index contributed by atoms with van der Waals surface area (Å²) in [6.07, 6.45) is 1.00. The highest BCUT2D eigenvalue weighted by Crippen LogP contribution is 2.28. The van der Waals surface area contributed by atoms with E-state index in [4.69, 9.17) is 14.2 Å². The molecule has 0 aliphatic rings. The van der Waals surface area contributed by atoms with Crippen molar-refractivity contribution < 1.29 is 19.0 Å². The Balaban J connectivity index is 1.93. The Hall–Kier alpha value is -2.69.